The topological polar surface area (TPSA) is 73.8 Å². The van der Waals surface area contributed by atoms with Gasteiger partial charge < -0.3 is 25.2 Å². The van der Waals surface area contributed by atoms with E-state index >= 15 is 0 Å². The van der Waals surface area contributed by atoms with E-state index in [2.05, 4.69) is 36.2 Å². The molecule has 7 heteroatoms. The van der Waals surface area contributed by atoms with E-state index in [0.717, 1.165) is 55.5 Å². The normalized spacial score (nSPS) is 23.6. The van der Waals surface area contributed by atoms with Crippen molar-refractivity contribution in [2.45, 2.75) is 57.4 Å². The molecule has 1 aliphatic heterocycles. The van der Waals surface area contributed by atoms with E-state index in [1.165, 1.54) is 0 Å². The number of likely N-dealkylation sites (N-methyl/N-ethyl adjacent to an activating group) is 1. The third kappa shape index (κ3) is 6.09. The van der Waals surface area contributed by atoms with E-state index in [1.807, 2.05) is 25.1 Å². The molecule has 6 nitrogen and oxygen atoms in total. The highest BCUT2D eigenvalue weighted by Gasteiger charge is 2.37. The van der Waals surface area contributed by atoms with E-state index in [4.69, 9.17) is 4.65 Å². The lowest BCUT2D eigenvalue weighted by Crippen LogP contribution is -2.53. The number of carbonyl (C=O) groups is 1. The molecular formula is C23H36BN3O3. The molecule has 0 spiro atoms. The summed E-state index contributed by atoms with van der Waals surface area (Å²) in [5, 5.41) is 17.1. The molecule has 2 aliphatic rings. The van der Waals surface area contributed by atoms with Gasteiger partial charge in [0.2, 0.25) is 5.91 Å². The lowest BCUT2D eigenvalue weighted by Gasteiger charge is -2.31. The number of para-hydroxylation sites is 1. The summed E-state index contributed by atoms with van der Waals surface area (Å²) in [7, 11) is 3.13. The van der Waals surface area contributed by atoms with Crippen molar-refractivity contribution in [1.29, 1.82) is 0 Å². The average Bonchev–Trinajstić information content (AvgIpc) is 2.69. The lowest BCUT2D eigenvalue weighted by atomic mass is 9.72. The number of hydrogen-bond donors (Lipinski definition) is 3. The highest BCUT2D eigenvalue weighted by molar-refractivity contribution is 6.46. The first-order chi connectivity index (χ1) is 14.3. The summed E-state index contributed by atoms with van der Waals surface area (Å²) in [5.74, 6) is 0.685. The number of nitrogens with zero attached hydrogens (tertiary/aromatic N) is 1. The Morgan fingerprint density at radius 3 is 2.70 bits per heavy atom. The SMILES string of the molecule is C=C(C)c1cccc2c1OB(O)C(NC(=O)CC1CCC(NCCN(C)C)CC1)C2. The quantitative estimate of drug-likeness (QED) is 0.571. The molecule has 1 atom stereocenters. The van der Waals surface area contributed by atoms with Crippen LogP contribution in [0.1, 0.15) is 50.2 Å². The summed E-state index contributed by atoms with van der Waals surface area (Å²) >= 11 is 0. The minimum atomic E-state index is -1.04. The molecule has 1 unspecified atom stereocenters. The third-order valence-corrected chi connectivity index (χ3v) is 6.24. The van der Waals surface area contributed by atoms with Crippen molar-refractivity contribution >= 4 is 18.6 Å². The van der Waals surface area contributed by atoms with Crippen molar-refractivity contribution < 1.29 is 14.5 Å². The number of hydrogen-bond acceptors (Lipinski definition) is 5. The summed E-state index contributed by atoms with van der Waals surface area (Å²) in [6, 6.07) is 6.46. The standard InChI is InChI=1S/C23H36BN3O3/c1-16(2)20-7-5-6-18-15-21(24(29)30-23(18)20)26-22(28)14-17-8-10-19(11-9-17)25-12-13-27(3)4/h5-7,17,19,21,25,29H,1,8-15H2,2-4H3,(H,26,28). The zero-order valence-electron chi connectivity index (χ0n) is 18.6. The first-order valence-electron chi connectivity index (χ1n) is 11.1. The molecule has 3 rings (SSSR count). The van der Waals surface area contributed by atoms with Gasteiger partial charge in [0, 0.05) is 31.1 Å². The molecule has 0 bridgehead atoms. The van der Waals surface area contributed by atoms with Gasteiger partial charge >= 0.3 is 7.12 Å². The van der Waals surface area contributed by atoms with Crippen LogP contribution in [0.2, 0.25) is 0 Å². The molecule has 1 aromatic rings. The van der Waals surface area contributed by atoms with Gasteiger partial charge in [-0.1, -0.05) is 24.8 Å². The van der Waals surface area contributed by atoms with Gasteiger partial charge in [0.05, 0.1) is 5.94 Å². The molecule has 1 saturated carbocycles. The van der Waals surface area contributed by atoms with Gasteiger partial charge in [0.15, 0.2) is 0 Å². The Balaban J connectivity index is 1.46. The van der Waals surface area contributed by atoms with Crippen LogP contribution in [0.25, 0.3) is 5.57 Å². The second kappa shape index (κ2) is 10.5. The monoisotopic (exact) mass is 413 g/mol. The predicted octanol–water partition coefficient (Wildman–Crippen LogP) is 2.26. The minimum absolute atomic E-state index is 0.00572. The van der Waals surface area contributed by atoms with Gasteiger partial charge in [-0.15, -0.1) is 0 Å². The second-order valence-corrected chi connectivity index (χ2v) is 9.14. The Morgan fingerprint density at radius 2 is 2.03 bits per heavy atom. The minimum Gasteiger partial charge on any atom is -0.534 e. The van der Waals surface area contributed by atoms with Crippen molar-refractivity contribution in [2.75, 3.05) is 27.2 Å². The van der Waals surface area contributed by atoms with Gasteiger partial charge in [-0.2, -0.15) is 0 Å². The summed E-state index contributed by atoms with van der Waals surface area (Å²) in [4.78, 5) is 14.8. The van der Waals surface area contributed by atoms with Crippen LogP contribution in [0.3, 0.4) is 0 Å². The molecule has 164 valence electrons. The maximum Gasteiger partial charge on any atom is 0.547 e. The van der Waals surface area contributed by atoms with Gasteiger partial charge in [-0.25, -0.2) is 0 Å². The zero-order valence-corrected chi connectivity index (χ0v) is 18.6. The highest BCUT2D eigenvalue weighted by Crippen LogP contribution is 2.33. The molecule has 1 fully saturated rings. The molecular weight excluding hydrogens is 377 g/mol. The maximum absolute atomic E-state index is 12.6. The molecule has 3 N–H and O–H groups in total. The van der Waals surface area contributed by atoms with Gasteiger partial charge in [-0.05, 0) is 70.2 Å². The maximum atomic E-state index is 12.6. The van der Waals surface area contributed by atoms with Crippen LogP contribution < -0.4 is 15.3 Å². The van der Waals surface area contributed by atoms with Crippen LogP contribution in [0.4, 0.5) is 0 Å². The molecule has 0 saturated heterocycles. The van der Waals surface area contributed by atoms with E-state index in [0.29, 0.717) is 30.6 Å². The summed E-state index contributed by atoms with van der Waals surface area (Å²) in [6.45, 7) is 7.96. The molecule has 1 amide bonds. The van der Waals surface area contributed by atoms with Gasteiger partial charge in [0.25, 0.3) is 0 Å². The first-order valence-corrected chi connectivity index (χ1v) is 11.1. The Kier molecular flexibility index (Phi) is 7.97. The van der Waals surface area contributed by atoms with Crippen molar-refractivity contribution in [3.63, 3.8) is 0 Å². The smallest absolute Gasteiger partial charge is 0.534 e. The Morgan fingerprint density at radius 1 is 1.30 bits per heavy atom. The van der Waals surface area contributed by atoms with E-state index < -0.39 is 13.1 Å². The fourth-order valence-electron chi connectivity index (χ4n) is 4.47. The van der Waals surface area contributed by atoms with Crippen LogP contribution >= 0.6 is 0 Å². The van der Waals surface area contributed by atoms with Crippen molar-refractivity contribution in [1.82, 2.24) is 15.5 Å². The Hall–Kier alpha value is -1.83. The molecule has 1 heterocycles. The summed E-state index contributed by atoms with van der Waals surface area (Å²) in [5.41, 5.74) is 2.80. The first kappa shape index (κ1) is 22.9. The van der Waals surface area contributed by atoms with E-state index in [-0.39, 0.29) is 5.91 Å². The Labute approximate surface area is 181 Å². The molecule has 0 aromatic heterocycles. The van der Waals surface area contributed by atoms with Crippen LogP contribution in [0, 0.1) is 5.92 Å². The number of rotatable bonds is 8. The zero-order chi connectivity index (χ0) is 21.7. The number of benzene rings is 1. The van der Waals surface area contributed by atoms with Crippen LogP contribution in [0.15, 0.2) is 24.8 Å². The molecule has 1 aromatic carbocycles. The van der Waals surface area contributed by atoms with Crippen molar-refractivity contribution in [3.8, 4) is 5.75 Å². The number of amides is 1. The van der Waals surface area contributed by atoms with Gasteiger partial charge in [0.1, 0.15) is 5.75 Å². The van der Waals surface area contributed by atoms with Crippen molar-refractivity contribution in [2.24, 2.45) is 5.92 Å². The molecule has 30 heavy (non-hydrogen) atoms. The van der Waals surface area contributed by atoms with Crippen LogP contribution in [-0.4, -0.2) is 62.1 Å². The van der Waals surface area contributed by atoms with E-state index in [1.54, 1.807) is 0 Å². The third-order valence-electron chi connectivity index (χ3n) is 6.24. The highest BCUT2D eigenvalue weighted by atomic mass is 16.5. The number of fused-ring (bicyclic) bond motifs is 1. The predicted molar refractivity (Wildman–Crippen MR) is 122 cm³/mol. The largest absolute Gasteiger partial charge is 0.547 e. The summed E-state index contributed by atoms with van der Waals surface area (Å²) < 4.78 is 5.76. The number of nitrogens with one attached hydrogen (secondary N) is 2. The second-order valence-electron chi connectivity index (χ2n) is 9.14. The van der Waals surface area contributed by atoms with Crippen LogP contribution in [0.5, 0.6) is 5.75 Å². The Bertz CT molecular complexity index is 747. The molecule has 0 radical (unpaired) electrons. The average molecular weight is 413 g/mol. The fraction of sp³-hybridized carbons (Fsp3) is 0.609. The van der Waals surface area contributed by atoms with E-state index in [9.17, 15) is 9.82 Å². The van der Waals surface area contributed by atoms with Crippen LogP contribution in [-0.2, 0) is 11.2 Å². The molecule has 1 aliphatic carbocycles. The van der Waals surface area contributed by atoms with Gasteiger partial charge in [-0.3, -0.25) is 4.79 Å². The fourth-order valence-corrected chi connectivity index (χ4v) is 4.47. The van der Waals surface area contributed by atoms with Crippen molar-refractivity contribution in [3.05, 3.63) is 35.9 Å². The summed E-state index contributed by atoms with van der Waals surface area (Å²) in [6.07, 6.45) is 5.47. The number of allylic oxidation sites excluding steroid dienone is 1. The lowest BCUT2D eigenvalue weighted by molar-refractivity contribution is -0.122. The number of carbonyl (C=O) groups excluding carboxylic acids is 1.